The van der Waals surface area contributed by atoms with E-state index in [2.05, 4.69) is 10.3 Å². The lowest BCUT2D eigenvalue weighted by atomic mass is 9.88. The van der Waals surface area contributed by atoms with Crippen molar-refractivity contribution in [2.75, 3.05) is 11.9 Å². The maximum absolute atomic E-state index is 10.4. The Morgan fingerprint density at radius 2 is 2.22 bits per heavy atom. The molecule has 1 aliphatic rings. The van der Waals surface area contributed by atoms with Gasteiger partial charge in [0.25, 0.3) is 0 Å². The van der Waals surface area contributed by atoms with Gasteiger partial charge in [-0.1, -0.05) is 12.8 Å². The molecular formula is C14H19N3O. The number of nitriles is 1. The van der Waals surface area contributed by atoms with Crippen molar-refractivity contribution < 1.29 is 5.11 Å². The molecule has 2 rings (SSSR count). The van der Waals surface area contributed by atoms with E-state index in [1.165, 1.54) is 19.0 Å². The van der Waals surface area contributed by atoms with Crippen LogP contribution in [0.4, 0.5) is 5.82 Å². The third-order valence-corrected chi connectivity index (χ3v) is 3.75. The van der Waals surface area contributed by atoms with Crippen LogP contribution in [0.15, 0.2) is 18.3 Å². The Morgan fingerprint density at radius 1 is 1.50 bits per heavy atom. The zero-order valence-corrected chi connectivity index (χ0v) is 10.7. The Kier molecular flexibility index (Phi) is 3.83. The molecule has 1 aromatic rings. The van der Waals surface area contributed by atoms with Gasteiger partial charge in [-0.15, -0.1) is 0 Å². The highest BCUT2D eigenvalue weighted by molar-refractivity contribution is 5.39. The number of aromatic nitrogens is 1. The molecule has 96 valence electrons. The highest BCUT2D eigenvalue weighted by Gasteiger charge is 2.33. The minimum atomic E-state index is -0.688. The molecule has 18 heavy (non-hydrogen) atoms. The van der Waals surface area contributed by atoms with Gasteiger partial charge in [0.1, 0.15) is 11.9 Å². The number of aliphatic hydroxyl groups is 1. The van der Waals surface area contributed by atoms with Crippen molar-refractivity contribution in [2.45, 2.75) is 38.2 Å². The number of nitrogens with zero attached hydrogens (tertiary/aromatic N) is 2. The normalized spacial score (nSPS) is 19.2. The Labute approximate surface area is 108 Å². The molecule has 1 aromatic heterocycles. The quantitative estimate of drug-likeness (QED) is 0.854. The van der Waals surface area contributed by atoms with E-state index in [1.54, 1.807) is 12.1 Å². The van der Waals surface area contributed by atoms with Gasteiger partial charge in [0.15, 0.2) is 0 Å². The second-order valence-electron chi connectivity index (χ2n) is 5.24. The van der Waals surface area contributed by atoms with Crippen molar-refractivity contribution in [2.24, 2.45) is 5.92 Å². The number of anilines is 1. The summed E-state index contributed by atoms with van der Waals surface area (Å²) in [5.74, 6) is 1.08. The molecule has 0 aliphatic heterocycles. The van der Waals surface area contributed by atoms with E-state index in [0.29, 0.717) is 23.8 Å². The summed E-state index contributed by atoms with van der Waals surface area (Å²) in [6, 6.07) is 5.52. The molecule has 4 nitrogen and oxygen atoms in total. The van der Waals surface area contributed by atoms with Crippen LogP contribution >= 0.6 is 0 Å². The molecular weight excluding hydrogens is 226 g/mol. The first-order valence-corrected chi connectivity index (χ1v) is 6.44. The van der Waals surface area contributed by atoms with Gasteiger partial charge in [-0.2, -0.15) is 5.26 Å². The number of hydrogen-bond acceptors (Lipinski definition) is 4. The van der Waals surface area contributed by atoms with Crippen LogP contribution in [0.3, 0.4) is 0 Å². The van der Waals surface area contributed by atoms with Crippen LogP contribution in [0.5, 0.6) is 0 Å². The van der Waals surface area contributed by atoms with Gasteiger partial charge in [0.2, 0.25) is 0 Å². The predicted octanol–water partition coefficient (Wildman–Crippen LogP) is 2.31. The monoisotopic (exact) mass is 245 g/mol. The smallest absolute Gasteiger partial charge is 0.126 e. The molecule has 1 saturated carbocycles. The molecule has 1 aliphatic carbocycles. The summed E-state index contributed by atoms with van der Waals surface area (Å²) in [5.41, 5.74) is -0.144. The van der Waals surface area contributed by atoms with Crippen LogP contribution in [0.2, 0.25) is 0 Å². The van der Waals surface area contributed by atoms with Gasteiger partial charge in [-0.05, 0) is 37.8 Å². The fourth-order valence-corrected chi connectivity index (χ4v) is 2.53. The van der Waals surface area contributed by atoms with Gasteiger partial charge in [0.05, 0.1) is 11.2 Å². The Balaban J connectivity index is 1.91. The van der Waals surface area contributed by atoms with Crippen molar-refractivity contribution in [3.63, 3.8) is 0 Å². The average Bonchev–Trinajstić information content (AvgIpc) is 2.92. The summed E-state index contributed by atoms with van der Waals surface area (Å²) in [7, 11) is 0. The van der Waals surface area contributed by atoms with Crippen molar-refractivity contribution in [3.8, 4) is 6.07 Å². The highest BCUT2D eigenvalue weighted by Crippen LogP contribution is 2.33. The van der Waals surface area contributed by atoms with Gasteiger partial charge in [0, 0.05) is 12.7 Å². The van der Waals surface area contributed by atoms with Crippen molar-refractivity contribution in [3.05, 3.63) is 23.9 Å². The molecule has 1 atom stereocenters. The second kappa shape index (κ2) is 5.36. The lowest BCUT2D eigenvalue weighted by Gasteiger charge is -2.30. The predicted molar refractivity (Wildman–Crippen MR) is 70.0 cm³/mol. The SMILES string of the molecule is C[C@@](O)(CNc1ccc(C#N)cn1)C1CCCC1. The van der Waals surface area contributed by atoms with E-state index in [4.69, 9.17) is 5.26 Å². The number of nitrogens with one attached hydrogen (secondary N) is 1. The number of pyridine rings is 1. The molecule has 1 fully saturated rings. The second-order valence-corrected chi connectivity index (χ2v) is 5.24. The van der Waals surface area contributed by atoms with Crippen molar-refractivity contribution >= 4 is 5.82 Å². The van der Waals surface area contributed by atoms with E-state index in [-0.39, 0.29) is 0 Å². The van der Waals surface area contributed by atoms with Crippen LogP contribution < -0.4 is 5.32 Å². The topological polar surface area (TPSA) is 68.9 Å². The summed E-state index contributed by atoms with van der Waals surface area (Å²) >= 11 is 0. The van der Waals surface area contributed by atoms with E-state index in [9.17, 15) is 5.11 Å². The molecule has 0 saturated heterocycles. The molecule has 0 spiro atoms. The van der Waals surface area contributed by atoms with E-state index in [1.807, 2.05) is 13.0 Å². The van der Waals surface area contributed by atoms with Gasteiger partial charge in [-0.25, -0.2) is 4.98 Å². The fourth-order valence-electron chi connectivity index (χ4n) is 2.53. The summed E-state index contributed by atoms with van der Waals surface area (Å²) in [5, 5.41) is 22.3. The number of hydrogen-bond donors (Lipinski definition) is 2. The first kappa shape index (κ1) is 12.8. The van der Waals surface area contributed by atoms with Crippen LogP contribution in [0, 0.1) is 17.2 Å². The highest BCUT2D eigenvalue weighted by atomic mass is 16.3. The molecule has 0 radical (unpaired) electrons. The minimum Gasteiger partial charge on any atom is -0.388 e. The molecule has 1 heterocycles. The van der Waals surface area contributed by atoms with E-state index < -0.39 is 5.60 Å². The zero-order valence-electron chi connectivity index (χ0n) is 10.7. The van der Waals surface area contributed by atoms with Gasteiger partial charge < -0.3 is 10.4 Å². The first-order chi connectivity index (χ1) is 8.62. The molecule has 0 bridgehead atoms. The first-order valence-electron chi connectivity index (χ1n) is 6.44. The third-order valence-electron chi connectivity index (χ3n) is 3.75. The maximum atomic E-state index is 10.4. The molecule has 0 amide bonds. The molecule has 4 heteroatoms. The van der Waals surface area contributed by atoms with Crippen LogP contribution in [-0.4, -0.2) is 22.2 Å². The Bertz CT molecular complexity index is 427. The van der Waals surface area contributed by atoms with E-state index >= 15 is 0 Å². The van der Waals surface area contributed by atoms with Crippen LogP contribution in [0.1, 0.15) is 38.2 Å². The zero-order chi connectivity index (χ0) is 13.0. The van der Waals surface area contributed by atoms with E-state index in [0.717, 1.165) is 12.8 Å². The van der Waals surface area contributed by atoms with Crippen molar-refractivity contribution in [1.29, 1.82) is 5.26 Å². The molecule has 0 unspecified atom stereocenters. The molecule has 2 N–H and O–H groups in total. The van der Waals surface area contributed by atoms with Crippen LogP contribution in [-0.2, 0) is 0 Å². The van der Waals surface area contributed by atoms with Crippen LogP contribution in [0.25, 0.3) is 0 Å². The Morgan fingerprint density at radius 3 is 2.78 bits per heavy atom. The maximum Gasteiger partial charge on any atom is 0.126 e. The summed E-state index contributed by atoms with van der Waals surface area (Å²) in [4.78, 5) is 4.13. The third kappa shape index (κ3) is 2.99. The Hall–Kier alpha value is -1.60. The minimum absolute atomic E-state index is 0.378. The largest absolute Gasteiger partial charge is 0.388 e. The molecule has 0 aromatic carbocycles. The number of rotatable bonds is 4. The van der Waals surface area contributed by atoms with Crippen molar-refractivity contribution in [1.82, 2.24) is 4.98 Å². The lowest BCUT2D eigenvalue weighted by molar-refractivity contribution is 0.0142. The summed E-state index contributed by atoms with van der Waals surface area (Å²) < 4.78 is 0. The average molecular weight is 245 g/mol. The fraction of sp³-hybridized carbons (Fsp3) is 0.571. The summed E-state index contributed by atoms with van der Waals surface area (Å²) in [6.07, 6.45) is 6.18. The van der Waals surface area contributed by atoms with Gasteiger partial charge >= 0.3 is 0 Å². The lowest BCUT2D eigenvalue weighted by Crippen LogP contribution is -2.40. The van der Waals surface area contributed by atoms with Gasteiger partial charge in [-0.3, -0.25) is 0 Å². The standard InChI is InChI=1S/C14H19N3O/c1-14(18,12-4-2-3-5-12)10-17-13-7-6-11(8-15)9-16-13/h6-7,9,12,18H,2-5,10H2,1H3,(H,16,17)/t14-/m1/s1. The summed E-state index contributed by atoms with van der Waals surface area (Å²) in [6.45, 7) is 2.39.